The first kappa shape index (κ1) is 17.9. The van der Waals surface area contributed by atoms with Crippen LogP contribution in [0.3, 0.4) is 0 Å². The minimum atomic E-state index is -0.683. The summed E-state index contributed by atoms with van der Waals surface area (Å²) >= 11 is 0. The molecular weight excluding hydrogens is 366 g/mol. The summed E-state index contributed by atoms with van der Waals surface area (Å²) in [6.07, 6.45) is 4.38. The van der Waals surface area contributed by atoms with Gasteiger partial charge in [0.2, 0.25) is 17.6 Å². The number of hydrogen-bond acceptors (Lipinski definition) is 4. The van der Waals surface area contributed by atoms with Gasteiger partial charge in [-0.1, -0.05) is 48.6 Å². The number of benzene rings is 2. The van der Waals surface area contributed by atoms with Crippen molar-refractivity contribution in [2.45, 2.75) is 19.4 Å². The van der Waals surface area contributed by atoms with Gasteiger partial charge in [0, 0.05) is 11.6 Å². The molecule has 1 heterocycles. The number of ether oxygens (including phenoxy) is 1. The van der Waals surface area contributed by atoms with Crippen LogP contribution in [0.1, 0.15) is 23.7 Å². The Morgan fingerprint density at radius 1 is 0.966 bits per heavy atom. The van der Waals surface area contributed by atoms with Gasteiger partial charge >= 0.3 is 0 Å². The first-order valence-corrected chi connectivity index (χ1v) is 9.96. The van der Waals surface area contributed by atoms with Crippen LogP contribution in [0.5, 0.6) is 5.75 Å². The largest absolute Gasteiger partial charge is 0.482 e. The van der Waals surface area contributed by atoms with E-state index in [4.69, 9.17) is 4.74 Å². The molecule has 0 radical (unpaired) electrons. The van der Waals surface area contributed by atoms with Gasteiger partial charge in [0.05, 0.1) is 17.5 Å². The maximum atomic E-state index is 13.0. The Bertz CT molecular complexity index is 998. The highest BCUT2D eigenvalue weighted by molar-refractivity contribution is 6.22. The lowest BCUT2D eigenvalue weighted by molar-refractivity contribution is -0.123. The van der Waals surface area contributed by atoms with Crippen LogP contribution in [0.15, 0.2) is 66.7 Å². The predicted octanol–water partition coefficient (Wildman–Crippen LogP) is 3.65. The van der Waals surface area contributed by atoms with Crippen LogP contribution < -0.4 is 9.64 Å². The summed E-state index contributed by atoms with van der Waals surface area (Å²) in [5.74, 6) is -0.0329. The summed E-state index contributed by atoms with van der Waals surface area (Å²) in [7, 11) is 0. The van der Waals surface area contributed by atoms with Crippen LogP contribution in [0.4, 0.5) is 5.69 Å². The number of Topliss-reactive ketones (excluding diaryl/α,β-unsaturated/α-hetero) is 1. The lowest BCUT2D eigenvalue weighted by atomic mass is 9.85. The van der Waals surface area contributed by atoms with Gasteiger partial charge in [-0.2, -0.15) is 0 Å². The van der Waals surface area contributed by atoms with E-state index in [2.05, 4.69) is 12.2 Å². The highest BCUT2D eigenvalue weighted by Gasteiger charge is 2.59. The Morgan fingerprint density at radius 2 is 1.62 bits per heavy atom. The number of carbonyl (C=O) groups excluding carboxylic acids is 3. The van der Waals surface area contributed by atoms with E-state index in [0.29, 0.717) is 17.0 Å². The summed E-state index contributed by atoms with van der Waals surface area (Å²) < 4.78 is 5.84. The minimum absolute atomic E-state index is 0.123. The number of hydrogen-bond donors (Lipinski definition) is 0. The third-order valence-electron chi connectivity index (χ3n) is 6.29. The number of carbonyl (C=O) groups is 3. The van der Waals surface area contributed by atoms with Crippen LogP contribution in [0, 0.1) is 23.7 Å². The Balaban J connectivity index is 1.36. The van der Waals surface area contributed by atoms with Crippen LogP contribution >= 0.6 is 0 Å². The smallest absolute Gasteiger partial charge is 0.238 e. The highest BCUT2D eigenvalue weighted by atomic mass is 16.5. The SMILES string of the molecule is C[C@H](Oc1cccc(N2C(=O)[C@H]3[C@H](C2=O)[C@H]2C=C[C@H]3C2)c1)C(=O)c1ccccc1. The van der Waals surface area contributed by atoms with E-state index < -0.39 is 6.10 Å². The molecule has 5 atom stereocenters. The van der Waals surface area contributed by atoms with Crippen molar-refractivity contribution in [3.63, 3.8) is 0 Å². The average Bonchev–Trinajstić information content (AvgIpc) is 3.42. The Morgan fingerprint density at radius 3 is 2.28 bits per heavy atom. The molecule has 0 N–H and O–H groups in total. The normalized spacial score (nSPS) is 28.0. The monoisotopic (exact) mass is 387 g/mol. The third kappa shape index (κ3) is 2.80. The summed E-state index contributed by atoms with van der Waals surface area (Å²) in [5, 5.41) is 0. The first-order chi connectivity index (χ1) is 14.0. The topological polar surface area (TPSA) is 63.7 Å². The summed E-state index contributed by atoms with van der Waals surface area (Å²) in [6, 6.07) is 15.9. The molecule has 0 unspecified atom stereocenters. The number of anilines is 1. The Labute approximate surface area is 169 Å². The lowest BCUT2D eigenvalue weighted by Gasteiger charge is -2.19. The van der Waals surface area contributed by atoms with E-state index in [-0.39, 0.29) is 41.3 Å². The van der Waals surface area contributed by atoms with Crippen molar-refractivity contribution in [2.75, 3.05) is 4.90 Å². The maximum absolute atomic E-state index is 13.0. The number of nitrogens with zero attached hydrogens (tertiary/aromatic N) is 1. The van der Waals surface area contributed by atoms with Crippen molar-refractivity contribution in [2.24, 2.45) is 23.7 Å². The van der Waals surface area contributed by atoms with E-state index in [9.17, 15) is 14.4 Å². The van der Waals surface area contributed by atoms with Crippen LogP contribution in [-0.2, 0) is 9.59 Å². The molecule has 1 aliphatic heterocycles. The third-order valence-corrected chi connectivity index (χ3v) is 6.29. The zero-order valence-electron chi connectivity index (χ0n) is 16.0. The Kier molecular flexibility index (Phi) is 4.12. The zero-order valence-corrected chi connectivity index (χ0v) is 16.0. The number of rotatable bonds is 5. The van der Waals surface area contributed by atoms with Crippen molar-refractivity contribution in [3.8, 4) is 5.75 Å². The van der Waals surface area contributed by atoms with E-state index in [1.54, 1.807) is 43.3 Å². The minimum Gasteiger partial charge on any atom is -0.482 e. The molecule has 0 spiro atoms. The molecule has 5 heteroatoms. The number of fused-ring (bicyclic) bond motifs is 5. The highest BCUT2D eigenvalue weighted by Crippen LogP contribution is 2.53. The molecule has 5 nitrogen and oxygen atoms in total. The van der Waals surface area contributed by atoms with E-state index >= 15 is 0 Å². The molecule has 0 aromatic heterocycles. The van der Waals surface area contributed by atoms with Gasteiger partial charge in [-0.05, 0) is 37.3 Å². The molecule has 5 rings (SSSR count). The molecule has 2 bridgehead atoms. The second kappa shape index (κ2) is 6.69. The van der Waals surface area contributed by atoms with Crippen molar-refractivity contribution in [3.05, 3.63) is 72.3 Å². The Hall–Kier alpha value is -3.21. The van der Waals surface area contributed by atoms with Gasteiger partial charge in [0.25, 0.3) is 0 Å². The van der Waals surface area contributed by atoms with Gasteiger partial charge in [-0.25, -0.2) is 4.90 Å². The van der Waals surface area contributed by atoms with Crippen LogP contribution in [-0.4, -0.2) is 23.7 Å². The van der Waals surface area contributed by atoms with E-state index in [1.807, 2.05) is 18.2 Å². The van der Waals surface area contributed by atoms with E-state index in [0.717, 1.165) is 6.42 Å². The standard InChI is InChI=1S/C24H21NO4/c1-14(22(26)15-6-3-2-4-7-15)29-19-9-5-8-18(13-19)25-23(27)20-16-10-11-17(12-16)21(20)24(25)28/h2-11,13-14,16-17,20-21H,12H2,1H3/t14-,16-,17-,20+,21+/m0/s1. The number of allylic oxidation sites excluding steroid dienone is 2. The molecular formula is C24H21NO4. The second-order valence-electron chi connectivity index (χ2n) is 8.00. The average molecular weight is 387 g/mol. The summed E-state index contributed by atoms with van der Waals surface area (Å²) in [5.41, 5.74) is 1.09. The predicted molar refractivity (Wildman–Crippen MR) is 108 cm³/mol. The van der Waals surface area contributed by atoms with Crippen molar-refractivity contribution in [1.82, 2.24) is 0 Å². The van der Waals surface area contributed by atoms with Crippen LogP contribution in [0.2, 0.25) is 0 Å². The van der Waals surface area contributed by atoms with Gasteiger partial charge in [0.15, 0.2) is 6.10 Å². The molecule has 29 heavy (non-hydrogen) atoms. The summed E-state index contributed by atoms with van der Waals surface area (Å²) in [6.45, 7) is 1.70. The number of imide groups is 1. The van der Waals surface area contributed by atoms with Crippen LogP contribution in [0.25, 0.3) is 0 Å². The number of ketones is 1. The lowest BCUT2D eigenvalue weighted by Crippen LogP contribution is -2.33. The van der Waals surface area contributed by atoms with Gasteiger partial charge in [-0.15, -0.1) is 0 Å². The summed E-state index contributed by atoms with van der Waals surface area (Å²) in [4.78, 5) is 39.8. The van der Waals surface area contributed by atoms with Gasteiger partial charge < -0.3 is 4.74 Å². The molecule has 2 fully saturated rings. The van der Waals surface area contributed by atoms with E-state index in [1.165, 1.54) is 4.90 Å². The fraction of sp³-hybridized carbons (Fsp3) is 0.292. The van der Waals surface area contributed by atoms with Crippen molar-refractivity contribution >= 4 is 23.3 Å². The molecule has 1 saturated carbocycles. The fourth-order valence-corrected chi connectivity index (χ4v) is 4.95. The molecule has 2 amide bonds. The molecule has 2 aromatic carbocycles. The van der Waals surface area contributed by atoms with Crippen molar-refractivity contribution in [1.29, 1.82) is 0 Å². The molecule has 3 aliphatic rings. The molecule has 2 aromatic rings. The first-order valence-electron chi connectivity index (χ1n) is 9.96. The van der Waals surface area contributed by atoms with Crippen molar-refractivity contribution < 1.29 is 19.1 Å². The number of amides is 2. The van der Waals surface area contributed by atoms with Gasteiger partial charge in [0.1, 0.15) is 5.75 Å². The maximum Gasteiger partial charge on any atom is 0.238 e. The van der Waals surface area contributed by atoms with Gasteiger partial charge in [-0.3, -0.25) is 14.4 Å². The molecule has 2 aliphatic carbocycles. The zero-order chi connectivity index (χ0) is 20.1. The second-order valence-corrected chi connectivity index (χ2v) is 8.00. The molecule has 1 saturated heterocycles. The fourth-order valence-electron chi connectivity index (χ4n) is 4.95. The molecule has 146 valence electrons. The quantitative estimate of drug-likeness (QED) is 0.446.